The van der Waals surface area contributed by atoms with Gasteiger partial charge in [-0.15, -0.1) is 0 Å². The van der Waals surface area contributed by atoms with E-state index in [0.29, 0.717) is 0 Å². The normalized spacial score (nSPS) is 14.1. The molecule has 2 atom stereocenters. The highest BCUT2D eigenvalue weighted by Gasteiger charge is 2.30. The molecule has 0 radical (unpaired) electrons. The van der Waals surface area contributed by atoms with Crippen LogP contribution in [0.2, 0.25) is 0 Å². The molecule has 0 bridgehead atoms. The van der Waals surface area contributed by atoms with Gasteiger partial charge in [0, 0.05) is 19.7 Å². The Kier molecular flexibility index (Phi) is 6.98. The highest BCUT2D eigenvalue weighted by Crippen LogP contribution is 2.39. The summed E-state index contributed by atoms with van der Waals surface area (Å²) in [7, 11) is -1.24. The van der Waals surface area contributed by atoms with Crippen molar-refractivity contribution in [2.24, 2.45) is 0 Å². The van der Waals surface area contributed by atoms with Crippen molar-refractivity contribution in [2.45, 2.75) is 10.5 Å². The summed E-state index contributed by atoms with van der Waals surface area (Å²) >= 11 is 7.03. The Balaban J connectivity index is 1.86. The van der Waals surface area contributed by atoms with Crippen LogP contribution in [0.4, 0.5) is 0 Å². The van der Waals surface area contributed by atoms with Gasteiger partial charge in [-0.25, -0.2) is 0 Å². The lowest BCUT2D eigenvalue weighted by molar-refractivity contribution is 0.673. The SMILES string of the molecule is O=S(C(c1ccccc1)c1ccc(Br)cc1)C(c1ccccc1)c1ccc(Br)cc1. The largest absolute Gasteiger partial charge is 0.258 e. The average molecular weight is 540 g/mol. The van der Waals surface area contributed by atoms with Crippen LogP contribution in [0.25, 0.3) is 0 Å². The molecule has 0 fully saturated rings. The first-order valence-corrected chi connectivity index (χ1v) is 12.5. The summed E-state index contributed by atoms with van der Waals surface area (Å²) in [4.78, 5) is 0. The summed E-state index contributed by atoms with van der Waals surface area (Å²) in [5.74, 6) is 0. The van der Waals surface area contributed by atoms with Crippen molar-refractivity contribution in [3.05, 3.63) is 140 Å². The summed E-state index contributed by atoms with van der Waals surface area (Å²) in [6.07, 6.45) is 0. The van der Waals surface area contributed by atoms with Gasteiger partial charge in [-0.05, 0) is 46.5 Å². The second-order valence-corrected chi connectivity index (χ2v) is 10.4. The van der Waals surface area contributed by atoms with Gasteiger partial charge in [0.2, 0.25) is 0 Å². The molecule has 1 nitrogen and oxygen atoms in total. The minimum absolute atomic E-state index is 0.242. The van der Waals surface area contributed by atoms with Gasteiger partial charge in [0.05, 0.1) is 10.5 Å². The van der Waals surface area contributed by atoms with Gasteiger partial charge < -0.3 is 0 Å². The lowest BCUT2D eigenvalue weighted by Gasteiger charge is -2.25. The monoisotopic (exact) mass is 538 g/mol. The third-order valence-corrected chi connectivity index (χ3v) is 8.09. The average Bonchev–Trinajstić information content (AvgIpc) is 2.78. The molecular formula is C26H20Br2OS. The van der Waals surface area contributed by atoms with Gasteiger partial charge in [-0.3, -0.25) is 4.21 Å². The number of halogens is 2. The van der Waals surface area contributed by atoms with Crippen molar-refractivity contribution in [1.82, 2.24) is 0 Å². The molecule has 4 aromatic carbocycles. The zero-order valence-electron chi connectivity index (χ0n) is 16.1. The Morgan fingerprint density at radius 3 is 1.10 bits per heavy atom. The van der Waals surface area contributed by atoms with E-state index in [1.54, 1.807) is 0 Å². The van der Waals surface area contributed by atoms with E-state index < -0.39 is 10.8 Å². The van der Waals surface area contributed by atoms with Gasteiger partial charge in [-0.2, -0.15) is 0 Å². The highest BCUT2D eigenvalue weighted by molar-refractivity contribution is 9.10. The van der Waals surface area contributed by atoms with Crippen molar-refractivity contribution < 1.29 is 4.21 Å². The molecule has 2 unspecified atom stereocenters. The molecule has 0 spiro atoms. The molecule has 0 heterocycles. The maximum atomic E-state index is 14.3. The Morgan fingerprint density at radius 1 is 0.467 bits per heavy atom. The molecule has 4 aromatic rings. The van der Waals surface area contributed by atoms with Gasteiger partial charge >= 0.3 is 0 Å². The summed E-state index contributed by atoms with van der Waals surface area (Å²) in [6, 6.07) is 36.6. The van der Waals surface area contributed by atoms with Crippen molar-refractivity contribution in [3.8, 4) is 0 Å². The van der Waals surface area contributed by atoms with Crippen LogP contribution in [0.3, 0.4) is 0 Å². The molecular weight excluding hydrogens is 520 g/mol. The molecule has 0 aliphatic rings. The fourth-order valence-corrected chi connectivity index (χ4v) is 6.09. The van der Waals surface area contributed by atoms with E-state index in [0.717, 1.165) is 31.2 Å². The molecule has 0 N–H and O–H groups in total. The summed E-state index contributed by atoms with van der Waals surface area (Å²) in [5.41, 5.74) is 4.19. The second kappa shape index (κ2) is 9.86. The van der Waals surface area contributed by atoms with Crippen LogP contribution in [-0.2, 0) is 10.8 Å². The third-order valence-electron chi connectivity index (χ3n) is 5.01. The van der Waals surface area contributed by atoms with Crippen molar-refractivity contribution in [1.29, 1.82) is 0 Å². The van der Waals surface area contributed by atoms with E-state index in [9.17, 15) is 4.21 Å². The summed E-state index contributed by atoms with van der Waals surface area (Å²) in [5, 5.41) is -0.485. The maximum absolute atomic E-state index is 14.3. The van der Waals surface area contributed by atoms with E-state index in [1.165, 1.54) is 0 Å². The van der Waals surface area contributed by atoms with Crippen LogP contribution in [0.15, 0.2) is 118 Å². The van der Waals surface area contributed by atoms with E-state index in [1.807, 2.05) is 60.7 Å². The van der Waals surface area contributed by atoms with Crippen LogP contribution >= 0.6 is 31.9 Å². The van der Waals surface area contributed by atoms with Crippen LogP contribution in [0.1, 0.15) is 32.8 Å². The number of rotatable bonds is 6. The molecule has 0 saturated carbocycles. The first-order chi connectivity index (χ1) is 14.6. The van der Waals surface area contributed by atoms with Crippen LogP contribution < -0.4 is 0 Å². The Hall–Kier alpha value is -2.01. The zero-order valence-corrected chi connectivity index (χ0v) is 20.1. The standard InChI is InChI=1S/C26H20Br2OS/c27-23-15-11-21(12-16-23)25(19-7-3-1-4-8-19)30(29)26(20-9-5-2-6-10-20)22-13-17-24(28)18-14-22/h1-18,25-26H. The molecule has 4 rings (SSSR count). The quantitative estimate of drug-likeness (QED) is 0.244. The topological polar surface area (TPSA) is 17.1 Å². The fourth-order valence-electron chi connectivity index (χ4n) is 3.59. The molecule has 0 aliphatic heterocycles. The first kappa shape index (κ1) is 21.2. The molecule has 0 saturated heterocycles. The molecule has 4 heteroatoms. The van der Waals surface area contributed by atoms with Crippen molar-refractivity contribution in [2.75, 3.05) is 0 Å². The Bertz CT molecular complexity index is 1020. The Morgan fingerprint density at radius 2 is 0.767 bits per heavy atom. The third kappa shape index (κ3) is 4.83. The molecule has 150 valence electrons. The predicted octanol–water partition coefficient (Wildman–Crippen LogP) is 7.84. The zero-order chi connectivity index (χ0) is 20.9. The lowest BCUT2D eigenvalue weighted by Crippen LogP contribution is -2.17. The second-order valence-electron chi connectivity index (χ2n) is 7.01. The summed E-state index contributed by atoms with van der Waals surface area (Å²) < 4.78 is 16.3. The summed E-state index contributed by atoms with van der Waals surface area (Å²) in [6.45, 7) is 0. The molecule has 0 aliphatic carbocycles. The number of hydrogen-bond acceptors (Lipinski definition) is 1. The van der Waals surface area contributed by atoms with Crippen molar-refractivity contribution >= 4 is 42.7 Å². The van der Waals surface area contributed by atoms with E-state index >= 15 is 0 Å². The minimum atomic E-state index is -1.24. The smallest absolute Gasteiger partial charge is 0.0856 e. The van der Waals surface area contributed by atoms with E-state index in [-0.39, 0.29) is 10.5 Å². The van der Waals surface area contributed by atoms with Crippen LogP contribution in [0.5, 0.6) is 0 Å². The maximum Gasteiger partial charge on any atom is 0.0856 e. The molecule has 0 amide bonds. The number of benzene rings is 4. The van der Waals surface area contributed by atoms with Crippen LogP contribution in [0, 0.1) is 0 Å². The van der Waals surface area contributed by atoms with Crippen molar-refractivity contribution in [3.63, 3.8) is 0 Å². The predicted molar refractivity (Wildman–Crippen MR) is 133 cm³/mol. The van der Waals surface area contributed by atoms with E-state index in [4.69, 9.17) is 0 Å². The molecule has 30 heavy (non-hydrogen) atoms. The number of hydrogen-bond donors (Lipinski definition) is 0. The lowest BCUT2D eigenvalue weighted by atomic mass is 10.0. The van der Waals surface area contributed by atoms with Crippen LogP contribution in [-0.4, -0.2) is 4.21 Å². The molecule has 0 aromatic heterocycles. The Labute approximate surface area is 196 Å². The van der Waals surface area contributed by atoms with E-state index in [2.05, 4.69) is 80.4 Å². The van der Waals surface area contributed by atoms with Gasteiger partial charge in [0.25, 0.3) is 0 Å². The minimum Gasteiger partial charge on any atom is -0.258 e. The first-order valence-electron chi connectivity index (χ1n) is 9.63. The van der Waals surface area contributed by atoms with Gasteiger partial charge in [0.15, 0.2) is 0 Å². The fraction of sp³-hybridized carbons (Fsp3) is 0.0769. The highest BCUT2D eigenvalue weighted by atomic mass is 79.9. The van der Waals surface area contributed by atoms with Gasteiger partial charge in [-0.1, -0.05) is 117 Å². The van der Waals surface area contributed by atoms with Gasteiger partial charge in [0.1, 0.15) is 0 Å².